The van der Waals surface area contributed by atoms with Crippen molar-refractivity contribution in [2.75, 3.05) is 31.2 Å². The lowest BCUT2D eigenvalue weighted by molar-refractivity contribution is -0.134. The highest BCUT2D eigenvalue weighted by molar-refractivity contribution is 7.14. The predicted molar refractivity (Wildman–Crippen MR) is 126 cm³/mol. The van der Waals surface area contributed by atoms with Crippen molar-refractivity contribution in [3.05, 3.63) is 64.5 Å². The summed E-state index contributed by atoms with van der Waals surface area (Å²) >= 11 is 1.43. The van der Waals surface area contributed by atoms with Crippen LogP contribution in [0, 0.1) is 11.6 Å². The molecular formula is C25H23F2N3O4S. The third-order valence-electron chi connectivity index (χ3n) is 6.10. The van der Waals surface area contributed by atoms with Gasteiger partial charge in [0.15, 0.2) is 16.7 Å². The van der Waals surface area contributed by atoms with Gasteiger partial charge in [-0.2, -0.15) is 4.39 Å². The van der Waals surface area contributed by atoms with E-state index in [1.54, 1.807) is 29.6 Å². The minimum Gasteiger partial charge on any atom is -0.485 e. The fourth-order valence-electron chi connectivity index (χ4n) is 4.18. The normalized spacial score (nSPS) is 18.5. The molecule has 0 bridgehead atoms. The zero-order chi connectivity index (χ0) is 24.4. The molecular weight excluding hydrogens is 476 g/mol. The first-order valence-corrected chi connectivity index (χ1v) is 12.2. The van der Waals surface area contributed by atoms with E-state index in [0.717, 1.165) is 35.4 Å². The van der Waals surface area contributed by atoms with Crippen molar-refractivity contribution in [1.82, 2.24) is 10.3 Å². The lowest BCUT2D eigenvalue weighted by Crippen LogP contribution is -2.39. The van der Waals surface area contributed by atoms with Gasteiger partial charge in [-0.3, -0.25) is 14.9 Å². The Morgan fingerprint density at radius 1 is 1.11 bits per heavy atom. The number of ether oxygens (including phenoxy) is 2. The van der Waals surface area contributed by atoms with Crippen LogP contribution in [0.2, 0.25) is 0 Å². The molecule has 1 atom stereocenters. The molecule has 0 saturated carbocycles. The summed E-state index contributed by atoms with van der Waals surface area (Å²) in [5, 5.41) is 4.95. The molecule has 1 N–H and O–H groups in total. The molecule has 3 heterocycles. The quantitative estimate of drug-likeness (QED) is 0.516. The number of aromatic nitrogens is 1. The van der Waals surface area contributed by atoms with Gasteiger partial charge in [0.2, 0.25) is 17.6 Å². The maximum atomic E-state index is 14.8. The van der Waals surface area contributed by atoms with Gasteiger partial charge in [-0.05, 0) is 29.7 Å². The Labute approximate surface area is 204 Å². The van der Waals surface area contributed by atoms with Crippen LogP contribution < -0.4 is 15.0 Å². The Morgan fingerprint density at radius 3 is 2.63 bits per heavy atom. The molecule has 2 aromatic carbocycles. The fraction of sp³-hybridized carbons (Fsp3) is 0.320. The van der Waals surface area contributed by atoms with Crippen LogP contribution >= 0.6 is 11.3 Å². The molecule has 1 aromatic heterocycles. The van der Waals surface area contributed by atoms with E-state index in [4.69, 9.17) is 9.47 Å². The molecule has 2 amide bonds. The van der Waals surface area contributed by atoms with Gasteiger partial charge in [-0.25, -0.2) is 9.37 Å². The molecule has 0 aliphatic carbocycles. The molecule has 7 nitrogen and oxygen atoms in total. The maximum absolute atomic E-state index is 14.8. The predicted octanol–water partition coefficient (Wildman–Crippen LogP) is 4.02. The SMILES string of the molecule is O=C1CCC(c2ccc(COc3c(-c4csc(N5CCOCC5)n4)ccc(F)c3F)cc2)C(=O)N1. The molecule has 2 fully saturated rings. The first-order valence-electron chi connectivity index (χ1n) is 11.3. The summed E-state index contributed by atoms with van der Waals surface area (Å²) in [6.07, 6.45) is 0.755. The molecule has 2 aliphatic heterocycles. The molecule has 10 heteroatoms. The number of nitrogens with zero attached hydrogens (tertiary/aromatic N) is 2. The van der Waals surface area contributed by atoms with Crippen molar-refractivity contribution in [3.8, 4) is 17.0 Å². The number of benzene rings is 2. The van der Waals surface area contributed by atoms with Gasteiger partial charge in [0, 0.05) is 30.5 Å². The van der Waals surface area contributed by atoms with E-state index in [2.05, 4.69) is 15.2 Å². The highest BCUT2D eigenvalue weighted by Gasteiger charge is 2.28. The number of piperidine rings is 1. The molecule has 3 aromatic rings. The van der Waals surface area contributed by atoms with Crippen LogP contribution in [0.3, 0.4) is 0 Å². The van der Waals surface area contributed by atoms with Crippen molar-refractivity contribution in [2.45, 2.75) is 25.4 Å². The summed E-state index contributed by atoms with van der Waals surface area (Å²) in [5.74, 6) is -3.22. The number of hydrogen-bond acceptors (Lipinski definition) is 7. The highest BCUT2D eigenvalue weighted by atomic mass is 32.1. The second-order valence-electron chi connectivity index (χ2n) is 8.39. The number of nitrogens with one attached hydrogen (secondary N) is 1. The summed E-state index contributed by atoms with van der Waals surface area (Å²) < 4.78 is 40.0. The standard InChI is InChI=1S/C25H23F2N3O4S/c26-19-7-5-18(20-14-35-25(28-20)30-9-11-33-12-10-30)23(22(19)27)34-13-15-1-3-16(4-2-15)17-6-8-21(31)29-24(17)32/h1-5,7,14,17H,6,8-13H2,(H,29,31,32). The van der Waals surface area contributed by atoms with E-state index in [1.807, 2.05) is 0 Å². The third kappa shape index (κ3) is 5.03. The minimum atomic E-state index is -1.07. The Balaban J connectivity index is 1.32. The topological polar surface area (TPSA) is 80.8 Å². The van der Waals surface area contributed by atoms with E-state index >= 15 is 0 Å². The summed E-state index contributed by atoms with van der Waals surface area (Å²) in [6.45, 7) is 2.70. The first-order chi connectivity index (χ1) is 17.0. The van der Waals surface area contributed by atoms with E-state index in [0.29, 0.717) is 37.3 Å². The fourth-order valence-corrected chi connectivity index (χ4v) is 5.06. The molecule has 5 rings (SSSR count). The molecule has 35 heavy (non-hydrogen) atoms. The van der Waals surface area contributed by atoms with Gasteiger partial charge in [-0.15, -0.1) is 11.3 Å². The first kappa shape index (κ1) is 23.4. The van der Waals surface area contributed by atoms with E-state index in [1.165, 1.54) is 17.4 Å². The zero-order valence-corrected chi connectivity index (χ0v) is 19.6. The number of hydrogen-bond donors (Lipinski definition) is 1. The molecule has 0 radical (unpaired) electrons. The van der Waals surface area contributed by atoms with E-state index in [-0.39, 0.29) is 30.1 Å². The van der Waals surface area contributed by atoms with Gasteiger partial charge in [-0.1, -0.05) is 24.3 Å². The second kappa shape index (κ2) is 10.1. The molecule has 182 valence electrons. The number of anilines is 1. The molecule has 1 unspecified atom stereocenters. The average Bonchev–Trinajstić information content (AvgIpc) is 3.36. The summed E-state index contributed by atoms with van der Waals surface area (Å²) in [7, 11) is 0. The van der Waals surface area contributed by atoms with Crippen molar-refractivity contribution < 1.29 is 27.8 Å². The number of carbonyl (C=O) groups excluding carboxylic acids is 2. The van der Waals surface area contributed by atoms with Crippen LogP contribution in [0.5, 0.6) is 5.75 Å². The number of imide groups is 1. The van der Waals surface area contributed by atoms with Crippen molar-refractivity contribution in [1.29, 1.82) is 0 Å². The second-order valence-corrected chi connectivity index (χ2v) is 9.22. The number of thiazole rings is 1. The maximum Gasteiger partial charge on any atom is 0.234 e. The van der Waals surface area contributed by atoms with Crippen molar-refractivity contribution >= 4 is 28.3 Å². The average molecular weight is 500 g/mol. The van der Waals surface area contributed by atoms with E-state index in [9.17, 15) is 18.4 Å². The lowest BCUT2D eigenvalue weighted by atomic mass is 9.90. The molecule has 2 aliphatic rings. The highest BCUT2D eigenvalue weighted by Crippen LogP contribution is 2.37. The lowest BCUT2D eigenvalue weighted by Gasteiger charge is -2.26. The zero-order valence-electron chi connectivity index (χ0n) is 18.8. The summed E-state index contributed by atoms with van der Waals surface area (Å²) in [5.41, 5.74) is 2.40. The largest absolute Gasteiger partial charge is 0.485 e. The Hall–Kier alpha value is -3.37. The van der Waals surface area contributed by atoms with Crippen LogP contribution in [0.15, 0.2) is 41.8 Å². The monoisotopic (exact) mass is 499 g/mol. The number of rotatable bonds is 6. The van der Waals surface area contributed by atoms with Crippen LogP contribution in [-0.4, -0.2) is 43.1 Å². The van der Waals surface area contributed by atoms with Crippen LogP contribution in [0.1, 0.15) is 29.9 Å². The molecule has 2 saturated heterocycles. The Bertz CT molecular complexity index is 1240. The van der Waals surface area contributed by atoms with Gasteiger partial charge < -0.3 is 14.4 Å². The van der Waals surface area contributed by atoms with Crippen LogP contribution in [-0.2, 0) is 20.9 Å². The van der Waals surface area contributed by atoms with Gasteiger partial charge >= 0.3 is 0 Å². The van der Waals surface area contributed by atoms with Gasteiger partial charge in [0.25, 0.3) is 0 Å². The van der Waals surface area contributed by atoms with Crippen LogP contribution in [0.25, 0.3) is 11.3 Å². The number of amides is 2. The van der Waals surface area contributed by atoms with Crippen molar-refractivity contribution in [3.63, 3.8) is 0 Å². The number of halogens is 2. The third-order valence-corrected chi connectivity index (χ3v) is 7.01. The number of morpholine rings is 1. The van der Waals surface area contributed by atoms with Crippen LogP contribution in [0.4, 0.5) is 13.9 Å². The summed E-state index contributed by atoms with van der Waals surface area (Å²) in [4.78, 5) is 30.2. The minimum absolute atomic E-state index is 0.00343. The molecule has 0 spiro atoms. The summed E-state index contributed by atoms with van der Waals surface area (Å²) in [6, 6.07) is 9.66. The number of carbonyl (C=O) groups is 2. The Kier molecular flexibility index (Phi) is 6.74. The van der Waals surface area contributed by atoms with Crippen molar-refractivity contribution in [2.24, 2.45) is 0 Å². The van der Waals surface area contributed by atoms with E-state index < -0.39 is 11.6 Å². The smallest absolute Gasteiger partial charge is 0.234 e. The Morgan fingerprint density at radius 2 is 1.89 bits per heavy atom. The van der Waals surface area contributed by atoms with Gasteiger partial charge in [0.1, 0.15) is 6.61 Å². The van der Waals surface area contributed by atoms with Gasteiger partial charge in [0.05, 0.1) is 24.8 Å².